The summed E-state index contributed by atoms with van der Waals surface area (Å²) in [7, 11) is 1.54. The van der Waals surface area contributed by atoms with Crippen molar-refractivity contribution >= 4 is 17.7 Å². The summed E-state index contributed by atoms with van der Waals surface area (Å²) in [6, 6.07) is 2.97. The second-order valence-corrected chi connectivity index (χ2v) is 4.10. The molecule has 0 aliphatic rings. The summed E-state index contributed by atoms with van der Waals surface area (Å²) in [6.07, 6.45) is 0. The summed E-state index contributed by atoms with van der Waals surface area (Å²) < 4.78 is 13.5. The smallest absolute Gasteiger partial charge is 0.337 e. The van der Waals surface area contributed by atoms with Gasteiger partial charge in [-0.2, -0.15) is 0 Å². The van der Waals surface area contributed by atoms with E-state index >= 15 is 0 Å². The number of nitrogens with one attached hydrogen (secondary N) is 1. The van der Waals surface area contributed by atoms with Crippen molar-refractivity contribution in [2.24, 2.45) is 0 Å². The number of anilines is 1. The zero-order valence-electron chi connectivity index (χ0n) is 10.4. The van der Waals surface area contributed by atoms with E-state index in [4.69, 9.17) is 5.11 Å². The monoisotopic (exact) mass is 254 g/mol. The Kier molecular flexibility index (Phi) is 4.25. The third kappa shape index (κ3) is 2.97. The van der Waals surface area contributed by atoms with Crippen molar-refractivity contribution in [1.29, 1.82) is 0 Å². The summed E-state index contributed by atoms with van der Waals surface area (Å²) in [5.74, 6) is -2.07. The predicted molar refractivity (Wildman–Crippen MR) is 65.3 cm³/mol. The Morgan fingerprint density at radius 3 is 2.50 bits per heavy atom. The SMILES string of the molecule is CC(C)N(C)C(=O)Nc1c(F)cccc1C(=O)O. The van der Waals surface area contributed by atoms with E-state index in [1.165, 1.54) is 17.0 Å². The highest BCUT2D eigenvalue weighted by molar-refractivity contribution is 6.00. The van der Waals surface area contributed by atoms with E-state index in [1.54, 1.807) is 20.9 Å². The topological polar surface area (TPSA) is 69.6 Å². The molecule has 98 valence electrons. The highest BCUT2D eigenvalue weighted by Crippen LogP contribution is 2.20. The lowest BCUT2D eigenvalue weighted by atomic mass is 10.1. The summed E-state index contributed by atoms with van der Waals surface area (Å²) in [4.78, 5) is 24.0. The number of amides is 2. The molecule has 5 nitrogen and oxygen atoms in total. The number of hydrogen-bond acceptors (Lipinski definition) is 2. The lowest BCUT2D eigenvalue weighted by Crippen LogP contribution is -2.37. The first-order valence-corrected chi connectivity index (χ1v) is 5.40. The fourth-order valence-corrected chi connectivity index (χ4v) is 1.26. The Hall–Kier alpha value is -2.11. The van der Waals surface area contributed by atoms with Crippen LogP contribution in [0.4, 0.5) is 14.9 Å². The quantitative estimate of drug-likeness (QED) is 0.870. The molecule has 0 bridgehead atoms. The van der Waals surface area contributed by atoms with Crippen LogP contribution in [0.2, 0.25) is 0 Å². The number of carbonyl (C=O) groups is 2. The molecule has 6 heteroatoms. The number of aromatic carboxylic acids is 1. The summed E-state index contributed by atoms with van der Waals surface area (Å²) >= 11 is 0. The molecule has 1 aromatic rings. The molecule has 0 aliphatic carbocycles. The van der Waals surface area contributed by atoms with Gasteiger partial charge in [0.15, 0.2) is 0 Å². The molecule has 2 amide bonds. The minimum Gasteiger partial charge on any atom is -0.478 e. The first-order chi connectivity index (χ1) is 8.34. The molecule has 0 aliphatic heterocycles. The maximum Gasteiger partial charge on any atom is 0.337 e. The number of rotatable bonds is 3. The Morgan fingerprint density at radius 2 is 2.00 bits per heavy atom. The maximum absolute atomic E-state index is 13.5. The molecule has 0 radical (unpaired) electrons. The van der Waals surface area contributed by atoms with Gasteiger partial charge < -0.3 is 15.3 Å². The van der Waals surface area contributed by atoms with Crippen LogP contribution in [0.15, 0.2) is 18.2 Å². The normalized spacial score (nSPS) is 10.3. The average Bonchev–Trinajstić information content (AvgIpc) is 2.30. The van der Waals surface area contributed by atoms with Crippen LogP contribution in [0.5, 0.6) is 0 Å². The molecule has 0 aromatic heterocycles. The van der Waals surface area contributed by atoms with Crippen molar-refractivity contribution in [1.82, 2.24) is 4.90 Å². The van der Waals surface area contributed by atoms with Crippen LogP contribution in [0.1, 0.15) is 24.2 Å². The molecule has 0 fully saturated rings. The van der Waals surface area contributed by atoms with Crippen molar-refractivity contribution in [3.05, 3.63) is 29.6 Å². The van der Waals surface area contributed by atoms with Gasteiger partial charge in [-0.1, -0.05) is 6.07 Å². The lowest BCUT2D eigenvalue weighted by molar-refractivity contribution is 0.0697. The molecular formula is C12H15FN2O3. The number of halogens is 1. The van der Waals surface area contributed by atoms with Gasteiger partial charge in [0.25, 0.3) is 0 Å². The van der Waals surface area contributed by atoms with E-state index in [9.17, 15) is 14.0 Å². The largest absolute Gasteiger partial charge is 0.478 e. The molecule has 0 saturated carbocycles. The Bertz CT molecular complexity index is 474. The van der Waals surface area contributed by atoms with Crippen LogP contribution in [0, 0.1) is 5.82 Å². The van der Waals surface area contributed by atoms with E-state index in [2.05, 4.69) is 5.32 Å². The lowest BCUT2D eigenvalue weighted by Gasteiger charge is -2.22. The van der Waals surface area contributed by atoms with E-state index in [0.717, 1.165) is 6.07 Å². The molecule has 1 rings (SSSR count). The van der Waals surface area contributed by atoms with Gasteiger partial charge >= 0.3 is 12.0 Å². The van der Waals surface area contributed by atoms with Gasteiger partial charge in [-0.25, -0.2) is 14.0 Å². The van der Waals surface area contributed by atoms with Gasteiger partial charge in [0.1, 0.15) is 5.82 Å². The van der Waals surface area contributed by atoms with Crippen LogP contribution in [0.25, 0.3) is 0 Å². The predicted octanol–water partition coefficient (Wildman–Crippen LogP) is 2.40. The highest BCUT2D eigenvalue weighted by atomic mass is 19.1. The number of para-hydroxylation sites is 1. The van der Waals surface area contributed by atoms with Gasteiger partial charge in [-0.05, 0) is 26.0 Å². The first kappa shape index (κ1) is 14.0. The minimum absolute atomic E-state index is 0.0787. The molecule has 1 aromatic carbocycles. The summed E-state index contributed by atoms with van der Waals surface area (Å²) in [6.45, 7) is 3.58. The van der Waals surface area contributed by atoms with Crippen LogP contribution in [-0.2, 0) is 0 Å². The van der Waals surface area contributed by atoms with Crippen molar-refractivity contribution in [2.45, 2.75) is 19.9 Å². The van der Waals surface area contributed by atoms with Gasteiger partial charge in [-0.3, -0.25) is 0 Å². The van der Waals surface area contributed by atoms with Crippen LogP contribution in [0.3, 0.4) is 0 Å². The van der Waals surface area contributed by atoms with Gasteiger partial charge in [0.2, 0.25) is 0 Å². The fourth-order valence-electron chi connectivity index (χ4n) is 1.26. The minimum atomic E-state index is -1.29. The standard InChI is InChI=1S/C12H15FN2O3/c1-7(2)15(3)12(18)14-10-8(11(16)17)5-4-6-9(10)13/h4-7H,1-3H3,(H,14,18)(H,16,17). The number of carbonyl (C=O) groups excluding carboxylic acids is 1. The average molecular weight is 254 g/mol. The van der Waals surface area contributed by atoms with Gasteiger partial charge in [-0.15, -0.1) is 0 Å². The highest BCUT2D eigenvalue weighted by Gasteiger charge is 2.19. The number of urea groups is 1. The fraction of sp³-hybridized carbons (Fsp3) is 0.333. The van der Waals surface area contributed by atoms with Crippen LogP contribution < -0.4 is 5.32 Å². The Labute approximate surface area is 104 Å². The Balaban J connectivity index is 3.04. The van der Waals surface area contributed by atoms with Crippen molar-refractivity contribution < 1.29 is 19.1 Å². The molecule has 0 atom stereocenters. The van der Waals surface area contributed by atoms with Crippen molar-refractivity contribution in [3.8, 4) is 0 Å². The van der Waals surface area contributed by atoms with E-state index in [1.807, 2.05) is 0 Å². The Morgan fingerprint density at radius 1 is 1.39 bits per heavy atom. The molecule has 18 heavy (non-hydrogen) atoms. The van der Waals surface area contributed by atoms with Crippen LogP contribution >= 0.6 is 0 Å². The second-order valence-electron chi connectivity index (χ2n) is 4.10. The van der Waals surface area contributed by atoms with E-state index < -0.39 is 17.8 Å². The molecule has 0 heterocycles. The molecular weight excluding hydrogens is 239 g/mol. The summed E-state index contributed by atoms with van der Waals surface area (Å²) in [5, 5.41) is 11.2. The maximum atomic E-state index is 13.5. The number of benzene rings is 1. The molecule has 0 unspecified atom stereocenters. The van der Waals surface area contributed by atoms with Gasteiger partial charge in [0.05, 0.1) is 11.3 Å². The third-order valence-electron chi connectivity index (χ3n) is 2.57. The number of carboxylic acid groups (broad SMARTS) is 1. The van der Waals surface area contributed by atoms with Gasteiger partial charge in [0, 0.05) is 13.1 Å². The molecule has 2 N–H and O–H groups in total. The zero-order valence-corrected chi connectivity index (χ0v) is 10.4. The second kappa shape index (κ2) is 5.48. The molecule has 0 saturated heterocycles. The number of hydrogen-bond donors (Lipinski definition) is 2. The zero-order chi connectivity index (χ0) is 13.9. The molecule has 0 spiro atoms. The third-order valence-corrected chi connectivity index (χ3v) is 2.57. The van der Waals surface area contributed by atoms with Crippen LogP contribution in [-0.4, -0.2) is 35.1 Å². The summed E-state index contributed by atoms with van der Waals surface area (Å²) in [5.41, 5.74) is -0.594. The number of carboxylic acids is 1. The van der Waals surface area contributed by atoms with E-state index in [-0.39, 0.29) is 17.3 Å². The number of nitrogens with zero attached hydrogens (tertiary/aromatic N) is 1. The van der Waals surface area contributed by atoms with Crippen molar-refractivity contribution in [2.75, 3.05) is 12.4 Å². The van der Waals surface area contributed by atoms with E-state index in [0.29, 0.717) is 0 Å². The first-order valence-electron chi connectivity index (χ1n) is 5.40. The van der Waals surface area contributed by atoms with Crippen molar-refractivity contribution in [3.63, 3.8) is 0 Å².